The van der Waals surface area contributed by atoms with Gasteiger partial charge in [0.1, 0.15) is 11.6 Å². The number of hydrogen-bond donors (Lipinski definition) is 1. The summed E-state index contributed by atoms with van der Waals surface area (Å²) in [5, 5.41) is 12.8. The average molecular weight is 410 g/mol. The van der Waals surface area contributed by atoms with Gasteiger partial charge in [-0.15, -0.1) is 0 Å². The van der Waals surface area contributed by atoms with Crippen LogP contribution in [0.15, 0.2) is 103 Å². The van der Waals surface area contributed by atoms with Gasteiger partial charge in [-0.3, -0.25) is 4.79 Å². The number of rotatable bonds is 8. The summed E-state index contributed by atoms with van der Waals surface area (Å²) < 4.78 is 0. The van der Waals surface area contributed by atoms with Crippen LogP contribution in [-0.2, 0) is 11.3 Å². The normalized spacial score (nSPS) is 11.3. The second kappa shape index (κ2) is 10.8. The van der Waals surface area contributed by atoms with Gasteiger partial charge in [0.2, 0.25) is 0 Å². The zero-order chi connectivity index (χ0) is 22.1. The highest BCUT2D eigenvalue weighted by Gasteiger charge is 2.20. The lowest BCUT2D eigenvalue weighted by atomic mass is 9.98. The summed E-state index contributed by atoms with van der Waals surface area (Å²) in [7, 11) is 0. The molecule has 0 saturated heterocycles. The van der Waals surface area contributed by atoms with Crippen LogP contribution in [0.25, 0.3) is 0 Å². The maximum Gasteiger partial charge on any atom is 0.264 e. The van der Waals surface area contributed by atoms with Crippen LogP contribution in [0.2, 0.25) is 0 Å². The number of benzene rings is 3. The number of carbonyl (C=O) groups is 1. The van der Waals surface area contributed by atoms with Crippen molar-refractivity contribution in [2.75, 3.05) is 0 Å². The Hall–Kier alpha value is -3.84. The first-order valence-electron chi connectivity index (χ1n) is 10.4. The monoisotopic (exact) mass is 409 g/mol. The summed E-state index contributed by atoms with van der Waals surface area (Å²) in [6.07, 6.45) is 1.67. The van der Waals surface area contributed by atoms with Gasteiger partial charge < -0.3 is 10.2 Å². The van der Waals surface area contributed by atoms with Crippen molar-refractivity contribution in [3.63, 3.8) is 0 Å². The van der Waals surface area contributed by atoms with Crippen molar-refractivity contribution in [2.24, 2.45) is 0 Å². The Balaban J connectivity index is 1.86. The van der Waals surface area contributed by atoms with E-state index in [1.807, 2.05) is 110 Å². The van der Waals surface area contributed by atoms with E-state index >= 15 is 0 Å². The molecule has 3 aromatic rings. The quantitative estimate of drug-likeness (QED) is 0.410. The highest BCUT2D eigenvalue weighted by Crippen LogP contribution is 2.22. The lowest BCUT2D eigenvalue weighted by Crippen LogP contribution is -2.32. The SMILES string of the molecule is CC(C)N(/C=C(/C#N)C(=O)NC(c1ccccc1)c1ccccc1)Cc1ccccc1. The molecule has 4 heteroatoms. The molecule has 31 heavy (non-hydrogen) atoms. The third kappa shape index (κ3) is 6.07. The van der Waals surface area contributed by atoms with Gasteiger partial charge in [0.15, 0.2) is 0 Å². The molecule has 0 bridgehead atoms. The van der Waals surface area contributed by atoms with Gasteiger partial charge in [-0.1, -0.05) is 91.0 Å². The third-order valence-corrected chi connectivity index (χ3v) is 5.07. The minimum atomic E-state index is -0.390. The number of nitriles is 1. The number of hydrogen-bond acceptors (Lipinski definition) is 3. The predicted molar refractivity (Wildman–Crippen MR) is 124 cm³/mol. The first-order valence-corrected chi connectivity index (χ1v) is 10.4. The van der Waals surface area contributed by atoms with E-state index in [2.05, 4.69) is 11.4 Å². The van der Waals surface area contributed by atoms with Crippen LogP contribution < -0.4 is 5.32 Å². The Kier molecular flexibility index (Phi) is 7.61. The van der Waals surface area contributed by atoms with Crippen molar-refractivity contribution < 1.29 is 4.79 Å². The molecule has 0 radical (unpaired) electrons. The molecular formula is C27H27N3O. The van der Waals surface area contributed by atoms with Gasteiger partial charge >= 0.3 is 0 Å². The largest absolute Gasteiger partial charge is 0.369 e. The van der Waals surface area contributed by atoms with Crippen LogP contribution in [0.1, 0.15) is 36.6 Å². The summed E-state index contributed by atoms with van der Waals surface area (Å²) >= 11 is 0. The van der Waals surface area contributed by atoms with Crippen molar-refractivity contribution >= 4 is 5.91 Å². The zero-order valence-electron chi connectivity index (χ0n) is 17.9. The highest BCUT2D eigenvalue weighted by molar-refractivity contribution is 5.97. The molecule has 4 nitrogen and oxygen atoms in total. The molecule has 1 N–H and O–H groups in total. The summed E-state index contributed by atoms with van der Waals surface area (Å²) in [5.74, 6) is -0.390. The van der Waals surface area contributed by atoms with Crippen molar-refractivity contribution in [1.29, 1.82) is 5.26 Å². The Labute approximate surface area is 184 Å². The van der Waals surface area contributed by atoms with Crippen LogP contribution in [0.5, 0.6) is 0 Å². The van der Waals surface area contributed by atoms with E-state index in [0.29, 0.717) is 6.54 Å². The van der Waals surface area contributed by atoms with Crippen LogP contribution >= 0.6 is 0 Å². The third-order valence-electron chi connectivity index (χ3n) is 5.07. The Morgan fingerprint density at radius 1 is 0.903 bits per heavy atom. The molecule has 1 amide bonds. The number of nitrogens with one attached hydrogen (secondary N) is 1. The number of amides is 1. The summed E-state index contributed by atoms with van der Waals surface area (Å²) in [5.41, 5.74) is 3.13. The Morgan fingerprint density at radius 3 is 1.84 bits per heavy atom. The van der Waals surface area contributed by atoms with E-state index in [1.54, 1.807) is 6.20 Å². The van der Waals surface area contributed by atoms with E-state index < -0.39 is 0 Å². The van der Waals surface area contributed by atoms with Crippen molar-refractivity contribution in [1.82, 2.24) is 10.2 Å². The van der Waals surface area contributed by atoms with E-state index in [-0.39, 0.29) is 23.6 Å². The molecule has 156 valence electrons. The zero-order valence-corrected chi connectivity index (χ0v) is 17.9. The highest BCUT2D eigenvalue weighted by atomic mass is 16.1. The maximum atomic E-state index is 13.1. The first kappa shape index (κ1) is 21.9. The maximum absolute atomic E-state index is 13.1. The molecule has 0 fully saturated rings. The molecule has 0 aliphatic rings. The Morgan fingerprint density at radius 2 is 1.39 bits per heavy atom. The molecule has 0 unspecified atom stereocenters. The molecule has 0 aliphatic carbocycles. The summed E-state index contributed by atoms with van der Waals surface area (Å²) in [4.78, 5) is 15.1. The van der Waals surface area contributed by atoms with Gasteiger partial charge in [0, 0.05) is 18.8 Å². The second-order valence-corrected chi connectivity index (χ2v) is 7.63. The van der Waals surface area contributed by atoms with Gasteiger partial charge in [0.05, 0.1) is 6.04 Å². The Bertz CT molecular complexity index is 999. The minimum Gasteiger partial charge on any atom is -0.369 e. The van der Waals surface area contributed by atoms with Crippen molar-refractivity contribution in [2.45, 2.75) is 32.5 Å². The van der Waals surface area contributed by atoms with E-state index in [4.69, 9.17) is 0 Å². The molecule has 3 aromatic carbocycles. The molecule has 3 rings (SSSR count). The molecule has 0 saturated carbocycles. The van der Waals surface area contributed by atoms with Crippen LogP contribution in [0, 0.1) is 11.3 Å². The van der Waals surface area contributed by atoms with Crippen molar-refractivity contribution in [3.8, 4) is 6.07 Å². The molecule has 0 aliphatic heterocycles. The fourth-order valence-electron chi connectivity index (χ4n) is 3.33. The summed E-state index contributed by atoms with van der Waals surface area (Å²) in [6.45, 7) is 4.71. The van der Waals surface area contributed by atoms with Gasteiger partial charge in [-0.25, -0.2) is 0 Å². The number of nitrogens with zero attached hydrogens (tertiary/aromatic N) is 2. The standard InChI is InChI=1S/C27H27N3O/c1-21(2)30(19-22-12-6-3-7-13-22)20-25(18-28)27(31)29-26(23-14-8-4-9-15-23)24-16-10-5-11-17-24/h3-17,20-21,26H,19H2,1-2H3,(H,29,31)/b25-20-. The lowest BCUT2D eigenvalue weighted by molar-refractivity contribution is -0.117. The van der Waals surface area contributed by atoms with E-state index in [1.165, 1.54) is 0 Å². The predicted octanol–water partition coefficient (Wildman–Crippen LogP) is 5.21. The summed E-state index contributed by atoms with van der Waals surface area (Å²) in [6, 6.07) is 31.5. The molecule has 0 heterocycles. The topological polar surface area (TPSA) is 56.1 Å². The van der Waals surface area contributed by atoms with E-state index in [9.17, 15) is 10.1 Å². The molecule has 0 atom stereocenters. The van der Waals surface area contributed by atoms with Gasteiger partial charge in [-0.2, -0.15) is 5.26 Å². The minimum absolute atomic E-state index is 0.0847. The number of carbonyl (C=O) groups excluding carboxylic acids is 1. The second-order valence-electron chi connectivity index (χ2n) is 7.63. The smallest absolute Gasteiger partial charge is 0.264 e. The molecule has 0 aromatic heterocycles. The van der Waals surface area contributed by atoms with Crippen LogP contribution in [0.3, 0.4) is 0 Å². The first-order chi connectivity index (χ1) is 15.1. The van der Waals surface area contributed by atoms with Crippen LogP contribution in [-0.4, -0.2) is 16.8 Å². The van der Waals surface area contributed by atoms with Gasteiger partial charge in [0.25, 0.3) is 5.91 Å². The fraction of sp³-hybridized carbons (Fsp3) is 0.185. The fourth-order valence-corrected chi connectivity index (χ4v) is 3.33. The van der Waals surface area contributed by atoms with Crippen LogP contribution in [0.4, 0.5) is 0 Å². The molecular weight excluding hydrogens is 382 g/mol. The van der Waals surface area contributed by atoms with Gasteiger partial charge in [-0.05, 0) is 30.5 Å². The average Bonchev–Trinajstić information content (AvgIpc) is 2.81. The van der Waals surface area contributed by atoms with Crippen molar-refractivity contribution in [3.05, 3.63) is 119 Å². The molecule has 0 spiro atoms. The lowest BCUT2D eigenvalue weighted by Gasteiger charge is -2.26. The van der Waals surface area contributed by atoms with E-state index in [0.717, 1.165) is 16.7 Å².